The Bertz CT molecular complexity index is 1670. The number of hydrogen-bond donors (Lipinski definition) is 0. The van der Waals surface area contributed by atoms with Gasteiger partial charge in [-0.3, -0.25) is 14.4 Å². The molecule has 6 nitrogen and oxygen atoms in total. The second-order valence-corrected chi connectivity index (χ2v) is 22.4. The third kappa shape index (κ3) is 66.5. The van der Waals surface area contributed by atoms with Crippen LogP contribution in [0.5, 0.6) is 0 Å². The molecule has 0 heterocycles. The van der Waals surface area contributed by atoms with E-state index in [9.17, 15) is 14.4 Å². The highest BCUT2D eigenvalue weighted by molar-refractivity contribution is 5.71. The zero-order valence-corrected chi connectivity index (χ0v) is 53.0. The van der Waals surface area contributed by atoms with Crippen LogP contribution in [0.4, 0.5) is 0 Å². The number of carbonyl (C=O) groups excluding carboxylic acids is 3. The third-order valence-corrected chi connectivity index (χ3v) is 14.5. The first kappa shape index (κ1) is 76.8. The van der Waals surface area contributed by atoms with Crippen molar-refractivity contribution in [1.29, 1.82) is 0 Å². The molecule has 0 aromatic heterocycles. The largest absolute Gasteiger partial charge is 0.462 e. The summed E-state index contributed by atoms with van der Waals surface area (Å²) in [5.74, 6) is -0.920. The summed E-state index contributed by atoms with van der Waals surface area (Å²) in [5, 5.41) is 0. The standard InChI is InChI=1S/C75H126O6/c1-4-7-10-13-16-19-22-25-27-29-31-33-35-37-39-41-43-45-47-50-53-56-59-62-65-68-74(77)80-71-72(70-79-73(76)67-64-61-58-55-52-49-24-21-18-15-12-9-6-3)81-75(78)69-66-63-60-57-54-51-48-46-44-42-40-38-36-34-32-30-28-26-23-20-17-14-11-8-5-2/h7,10,16,19,23,25-27,30-33,36-39,43,45,50,53,72H,4-6,8-9,11-15,17-18,20-22,24,28-29,34-35,40-42,44,46-49,51-52,54-71H2,1-3H3/b10-7-,19-16-,26-23-,27-25-,32-30-,33-31-,38-36-,39-37-,45-43-,53-50-. The van der Waals surface area contributed by atoms with E-state index < -0.39 is 6.10 Å². The number of carbonyl (C=O) groups is 3. The summed E-state index contributed by atoms with van der Waals surface area (Å²) >= 11 is 0. The number of hydrogen-bond acceptors (Lipinski definition) is 6. The fraction of sp³-hybridized carbons (Fsp3) is 0.693. The van der Waals surface area contributed by atoms with E-state index in [1.807, 2.05) is 0 Å². The maximum Gasteiger partial charge on any atom is 0.306 e. The van der Waals surface area contributed by atoms with Gasteiger partial charge in [0.25, 0.3) is 0 Å². The molecule has 0 bridgehead atoms. The monoisotopic (exact) mass is 1120 g/mol. The molecular formula is C75H126O6. The third-order valence-electron chi connectivity index (χ3n) is 14.5. The van der Waals surface area contributed by atoms with Crippen LogP contribution in [0.3, 0.4) is 0 Å². The molecule has 81 heavy (non-hydrogen) atoms. The second kappa shape index (κ2) is 68.3. The SMILES string of the molecule is CC/C=C\C/C=C\C/C=C\C/C=C\C/C=C\C/C=C\C/C=C\CCCCCC(=O)OCC(COC(=O)CCCCCCCCCCCCCCC)OC(=O)CCCCCCCCCCCC/C=C\C/C=C\C/C=C\CCCCCCC. The first-order valence-corrected chi connectivity index (χ1v) is 34.0. The molecule has 6 heteroatoms. The zero-order chi connectivity index (χ0) is 58.5. The molecule has 0 aromatic carbocycles. The molecule has 0 radical (unpaired) electrons. The van der Waals surface area contributed by atoms with Gasteiger partial charge in [0.15, 0.2) is 6.10 Å². The molecule has 0 N–H and O–H groups in total. The predicted octanol–water partition coefficient (Wildman–Crippen LogP) is 23.6. The first-order chi connectivity index (χ1) is 40.0. The molecule has 0 amide bonds. The van der Waals surface area contributed by atoms with Crippen molar-refractivity contribution in [2.45, 2.75) is 322 Å². The second-order valence-electron chi connectivity index (χ2n) is 22.4. The molecule has 0 fully saturated rings. The van der Waals surface area contributed by atoms with Crippen LogP contribution in [-0.4, -0.2) is 37.2 Å². The van der Waals surface area contributed by atoms with Crippen molar-refractivity contribution >= 4 is 17.9 Å². The van der Waals surface area contributed by atoms with Crippen molar-refractivity contribution in [3.63, 3.8) is 0 Å². The van der Waals surface area contributed by atoms with E-state index in [1.165, 1.54) is 154 Å². The van der Waals surface area contributed by atoms with Crippen LogP contribution in [-0.2, 0) is 28.6 Å². The lowest BCUT2D eigenvalue weighted by atomic mass is 10.0. The van der Waals surface area contributed by atoms with Crippen molar-refractivity contribution in [3.8, 4) is 0 Å². The smallest absolute Gasteiger partial charge is 0.306 e. The molecule has 0 saturated heterocycles. The minimum Gasteiger partial charge on any atom is -0.462 e. The predicted molar refractivity (Wildman–Crippen MR) is 353 cm³/mol. The summed E-state index contributed by atoms with van der Waals surface area (Å²) in [6.45, 7) is 6.51. The maximum absolute atomic E-state index is 12.9. The van der Waals surface area contributed by atoms with E-state index in [-0.39, 0.29) is 31.1 Å². The van der Waals surface area contributed by atoms with Gasteiger partial charge in [0.2, 0.25) is 0 Å². The maximum atomic E-state index is 12.9. The molecule has 0 aromatic rings. The number of esters is 3. The fourth-order valence-electron chi connectivity index (χ4n) is 9.37. The molecule has 0 aliphatic rings. The van der Waals surface area contributed by atoms with Crippen LogP contribution >= 0.6 is 0 Å². The Morgan fingerprint density at radius 3 is 0.765 bits per heavy atom. The van der Waals surface area contributed by atoms with Gasteiger partial charge in [-0.25, -0.2) is 0 Å². The van der Waals surface area contributed by atoms with Crippen molar-refractivity contribution in [2.75, 3.05) is 13.2 Å². The highest BCUT2D eigenvalue weighted by Crippen LogP contribution is 2.16. The highest BCUT2D eigenvalue weighted by Gasteiger charge is 2.19. The Morgan fingerprint density at radius 1 is 0.259 bits per heavy atom. The lowest BCUT2D eigenvalue weighted by Crippen LogP contribution is -2.30. The molecule has 0 aliphatic carbocycles. The Balaban J connectivity index is 4.40. The minimum absolute atomic E-state index is 0.0901. The van der Waals surface area contributed by atoms with Gasteiger partial charge in [0, 0.05) is 19.3 Å². The van der Waals surface area contributed by atoms with Gasteiger partial charge >= 0.3 is 17.9 Å². The highest BCUT2D eigenvalue weighted by atomic mass is 16.6. The molecular weight excluding hydrogens is 997 g/mol. The summed E-state index contributed by atoms with van der Waals surface area (Å²) in [6, 6.07) is 0. The van der Waals surface area contributed by atoms with Crippen molar-refractivity contribution < 1.29 is 28.6 Å². The summed E-state index contributed by atoms with van der Waals surface area (Å²) in [6.07, 6.45) is 94.9. The average molecular weight is 1120 g/mol. The normalized spacial score (nSPS) is 12.9. The Morgan fingerprint density at radius 2 is 0.481 bits per heavy atom. The van der Waals surface area contributed by atoms with Gasteiger partial charge in [-0.05, 0) is 116 Å². The van der Waals surface area contributed by atoms with Gasteiger partial charge in [0.05, 0.1) is 0 Å². The molecule has 0 rings (SSSR count). The summed E-state index contributed by atoms with van der Waals surface area (Å²) < 4.78 is 16.9. The topological polar surface area (TPSA) is 78.9 Å². The van der Waals surface area contributed by atoms with E-state index in [1.54, 1.807) is 0 Å². The van der Waals surface area contributed by atoms with Crippen molar-refractivity contribution in [1.82, 2.24) is 0 Å². The molecule has 1 atom stereocenters. The average Bonchev–Trinajstić information content (AvgIpc) is 3.46. The van der Waals surface area contributed by atoms with Crippen LogP contribution in [0.2, 0.25) is 0 Å². The van der Waals surface area contributed by atoms with Crippen LogP contribution in [0.15, 0.2) is 122 Å². The summed E-state index contributed by atoms with van der Waals surface area (Å²) in [4.78, 5) is 38.4. The number of ether oxygens (including phenoxy) is 3. The Hall–Kier alpha value is -4.19. The van der Waals surface area contributed by atoms with Crippen LogP contribution in [0.25, 0.3) is 0 Å². The lowest BCUT2D eigenvalue weighted by molar-refractivity contribution is -0.167. The van der Waals surface area contributed by atoms with E-state index in [0.717, 1.165) is 122 Å². The van der Waals surface area contributed by atoms with E-state index >= 15 is 0 Å². The van der Waals surface area contributed by atoms with E-state index in [2.05, 4.69) is 142 Å². The molecule has 0 aliphatic heterocycles. The van der Waals surface area contributed by atoms with Crippen LogP contribution in [0, 0.1) is 0 Å². The van der Waals surface area contributed by atoms with E-state index in [4.69, 9.17) is 14.2 Å². The van der Waals surface area contributed by atoms with Gasteiger partial charge in [0.1, 0.15) is 13.2 Å². The number of allylic oxidation sites excluding steroid dienone is 20. The van der Waals surface area contributed by atoms with Crippen molar-refractivity contribution in [2.24, 2.45) is 0 Å². The van der Waals surface area contributed by atoms with E-state index in [0.29, 0.717) is 19.3 Å². The number of rotatable bonds is 61. The Kier molecular flexibility index (Phi) is 64.8. The van der Waals surface area contributed by atoms with Crippen LogP contribution in [0.1, 0.15) is 316 Å². The van der Waals surface area contributed by atoms with Gasteiger partial charge in [-0.1, -0.05) is 303 Å². The first-order valence-electron chi connectivity index (χ1n) is 34.0. The van der Waals surface area contributed by atoms with Gasteiger partial charge in [-0.2, -0.15) is 0 Å². The molecule has 1 unspecified atom stereocenters. The molecule has 0 spiro atoms. The minimum atomic E-state index is -0.798. The van der Waals surface area contributed by atoms with Gasteiger partial charge < -0.3 is 14.2 Å². The Labute approximate surface area is 501 Å². The molecule has 0 saturated carbocycles. The molecule has 462 valence electrons. The number of unbranched alkanes of at least 4 members (excludes halogenated alkanes) is 30. The summed E-state index contributed by atoms with van der Waals surface area (Å²) in [5.41, 5.74) is 0. The quantitative estimate of drug-likeness (QED) is 0.0261. The van der Waals surface area contributed by atoms with Crippen LogP contribution < -0.4 is 0 Å². The zero-order valence-electron chi connectivity index (χ0n) is 53.0. The fourth-order valence-corrected chi connectivity index (χ4v) is 9.37. The van der Waals surface area contributed by atoms with Gasteiger partial charge in [-0.15, -0.1) is 0 Å². The lowest BCUT2D eigenvalue weighted by Gasteiger charge is -2.18. The van der Waals surface area contributed by atoms with Crippen molar-refractivity contribution in [3.05, 3.63) is 122 Å². The summed E-state index contributed by atoms with van der Waals surface area (Å²) in [7, 11) is 0.